The first kappa shape index (κ1) is 17.9. The minimum Gasteiger partial charge on any atom is -0.463 e. The molecule has 0 unspecified atom stereocenters. The molecule has 0 saturated carbocycles. The molecule has 0 spiro atoms. The van der Waals surface area contributed by atoms with Crippen molar-refractivity contribution in [1.82, 2.24) is 0 Å². The van der Waals surface area contributed by atoms with Gasteiger partial charge in [0.2, 0.25) is 0 Å². The van der Waals surface area contributed by atoms with E-state index in [9.17, 15) is 4.79 Å². The average Bonchev–Trinajstić information content (AvgIpc) is 2.41. The maximum atomic E-state index is 11.3. The third-order valence-corrected chi connectivity index (χ3v) is 3.03. The molecule has 19 heavy (non-hydrogen) atoms. The summed E-state index contributed by atoms with van der Waals surface area (Å²) in [5, 5.41) is 0. The Morgan fingerprint density at radius 2 is 1.68 bits per heavy atom. The fourth-order valence-electron chi connectivity index (χ4n) is 1.83. The van der Waals surface area contributed by atoms with Gasteiger partial charge < -0.3 is 4.74 Å². The van der Waals surface area contributed by atoms with Gasteiger partial charge in [-0.15, -0.1) is 6.58 Å². The van der Waals surface area contributed by atoms with Crippen molar-refractivity contribution in [3.63, 3.8) is 0 Å². The lowest BCUT2D eigenvalue weighted by molar-refractivity contribution is -0.137. The molecule has 0 aromatic heterocycles. The lowest BCUT2D eigenvalue weighted by atomic mass is 10.1. The smallest absolute Gasteiger partial charge is 0.330 e. The van der Waals surface area contributed by atoms with E-state index in [1.807, 2.05) is 12.2 Å². The van der Waals surface area contributed by atoms with Crippen LogP contribution in [0.1, 0.15) is 71.1 Å². The predicted octanol–water partition coefficient (Wildman–Crippen LogP) is 5.19. The van der Waals surface area contributed by atoms with E-state index < -0.39 is 0 Å². The molecular weight excluding hydrogens is 236 g/mol. The van der Waals surface area contributed by atoms with Crippen molar-refractivity contribution < 1.29 is 9.53 Å². The molecule has 0 amide bonds. The van der Waals surface area contributed by atoms with Crippen LogP contribution in [0.5, 0.6) is 0 Å². The van der Waals surface area contributed by atoms with Crippen LogP contribution in [0.4, 0.5) is 0 Å². The normalized spacial score (nSPS) is 10.8. The summed E-state index contributed by atoms with van der Waals surface area (Å²) in [4.78, 5) is 11.3. The molecule has 2 heteroatoms. The van der Waals surface area contributed by atoms with Crippen molar-refractivity contribution >= 4 is 5.97 Å². The fraction of sp³-hybridized carbons (Fsp3) is 0.706. The van der Waals surface area contributed by atoms with Crippen LogP contribution in [0.2, 0.25) is 0 Å². The summed E-state index contributed by atoms with van der Waals surface area (Å²) in [7, 11) is 0. The van der Waals surface area contributed by atoms with E-state index in [-0.39, 0.29) is 5.97 Å². The van der Waals surface area contributed by atoms with E-state index in [0.29, 0.717) is 6.61 Å². The van der Waals surface area contributed by atoms with Gasteiger partial charge in [0.1, 0.15) is 0 Å². The fourth-order valence-corrected chi connectivity index (χ4v) is 1.83. The number of hydrogen-bond acceptors (Lipinski definition) is 2. The Bertz CT molecular complexity index is 244. The van der Waals surface area contributed by atoms with Crippen LogP contribution in [-0.2, 0) is 9.53 Å². The Hall–Kier alpha value is -1.05. The first-order valence-electron chi connectivity index (χ1n) is 7.75. The van der Waals surface area contributed by atoms with Crippen molar-refractivity contribution in [2.75, 3.05) is 6.61 Å². The highest BCUT2D eigenvalue weighted by Crippen LogP contribution is 2.07. The minimum absolute atomic E-state index is 0.204. The summed E-state index contributed by atoms with van der Waals surface area (Å²) in [6.07, 6.45) is 17.1. The van der Waals surface area contributed by atoms with Crippen LogP contribution in [0.15, 0.2) is 24.8 Å². The van der Waals surface area contributed by atoms with Gasteiger partial charge in [-0.05, 0) is 32.1 Å². The minimum atomic E-state index is -0.204. The van der Waals surface area contributed by atoms with E-state index in [1.165, 1.54) is 38.5 Å². The zero-order chi connectivity index (χ0) is 14.2. The summed E-state index contributed by atoms with van der Waals surface area (Å²) < 4.78 is 5.09. The highest BCUT2D eigenvalue weighted by molar-refractivity contribution is 5.81. The highest BCUT2D eigenvalue weighted by atomic mass is 16.5. The number of ether oxygens (including phenoxy) is 1. The van der Waals surface area contributed by atoms with Crippen LogP contribution < -0.4 is 0 Å². The predicted molar refractivity (Wildman–Crippen MR) is 82.1 cm³/mol. The van der Waals surface area contributed by atoms with Gasteiger partial charge >= 0.3 is 5.97 Å². The Kier molecular flexibility index (Phi) is 14.2. The van der Waals surface area contributed by atoms with E-state index in [4.69, 9.17) is 4.74 Å². The third kappa shape index (κ3) is 14.9. The second-order valence-corrected chi connectivity index (χ2v) is 4.91. The zero-order valence-corrected chi connectivity index (χ0v) is 12.5. The lowest BCUT2D eigenvalue weighted by Gasteiger charge is -2.00. The topological polar surface area (TPSA) is 26.3 Å². The van der Waals surface area contributed by atoms with Gasteiger partial charge in [-0.1, -0.05) is 51.2 Å². The van der Waals surface area contributed by atoms with E-state index in [0.717, 1.165) is 25.7 Å². The van der Waals surface area contributed by atoms with Gasteiger partial charge in [-0.3, -0.25) is 0 Å². The summed E-state index contributed by atoms with van der Waals surface area (Å²) in [5.41, 5.74) is 0. The second kappa shape index (κ2) is 15.0. The molecule has 0 rings (SSSR count). The van der Waals surface area contributed by atoms with Crippen molar-refractivity contribution in [2.45, 2.75) is 71.1 Å². The maximum Gasteiger partial charge on any atom is 0.330 e. The Morgan fingerprint density at radius 1 is 1.00 bits per heavy atom. The maximum absolute atomic E-state index is 11.3. The molecular formula is C17H30O2. The van der Waals surface area contributed by atoms with Gasteiger partial charge in [0.25, 0.3) is 0 Å². The standard InChI is InChI=1S/C17H30O2/c1-3-5-7-9-10-11-12-13-15-17(18)19-16-14-8-6-4-2/h4,13,15H,2-3,5-12,14,16H2,1H3/b15-13+. The van der Waals surface area contributed by atoms with Gasteiger partial charge in [0.15, 0.2) is 0 Å². The molecule has 0 aliphatic heterocycles. The summed E-state index contributed by atoms with van der Waals surface area (Å²) in [6.45, 7) is 6.41. The molecule has 110 valence electrons. The number of carbonyl (C=O) groups is 1. The first-order chi connectivity index (χ1) is 9.31. The molecule has 0 bridgehead atoms. The molecule has 0 heterocycles. The number of esters is 1. The lowest BCUT2D eigenvalue weighted by Crippen LogP contribution is -2.02. The average molecular weight is 266 g/mol. The number of unbranched alkanes of at least 4 members (excludes halogenated alkanes) is 8. The first-order valence-corrected chi connectivity index (χ1v) is 7.75. The molecule has 0 aromatic rings. The quantitative estimate of drug-likeness (QED) is 0.198. The van der Waals surface area contributed by atoms with Gasteiger partial charge in [0, 0.05) is 6.08 Å². The van der Waals surface area contributed by atoms with Crippen LogP contribution in [-0.4, -0.2) is 12.6 Å². The molecule has 0 aliphatic carbocycles. The van der Waals surface area contributed by atoms with Crippen LogP contribution in [0, 0.1) is 0 Å². The second-order valence-electron chi connectivity index (χ2n) is 4.91. The number of hydrogen-bond donors (Lipinski definition) is 0. The number of carbonyl (C=O) groups excluding carboxylic acids is 1. The molecule has 2 nitrogen and oxygen atoms in total. The van der Waals surface area contributed by atoms with Crippen molar-refractivity contribution in [2.24, 2.45) is 0 Å². The zero-order valence-electron chi connectivity index (χ0n) is 12.5. The SMILES string of the molecule is C=CCCCCOC(=O)/C=C/CCCCCCCC. The highest BCUT2D eigenvalue weighted by Gasteiger charge is 1.95. The van der Waals surface area contributed by atoms with Crippen LogP contribution in [0.3, 0.4) is 0 Å². The van der Waals surface area contributed by atoms with Crippen molar-refractivity contribution in [3.05, 3.63) is 24.8 Å². The molecule has 0 radical (unpaired) electrons. The Labute approximate surface area is 118 Å². The van der Waals surface area contributed by atoms with E-state index in [2.05, 4.69) is 13.5 Å². The number of allylic oxidation sites excluding steroid dienone is 2. The molecule has 0 saturated heterocycles. The van der Waals surface area contributed by atoms with E-state index in [1.54, 1.807) is 6.08 Å². The van der Waals surface area contributed by atoms with Gasteiger partial charge in [-0.2, -0.15) is 0 Å². The van der Waals surface area contributed by atoms with E-state index >= 15 is 0 Å². The van der Waals surface area contributed by atoms with Crippen LogP contribution >= 0.6 is 0 Å². The van der Waals surface area contributed by atoms with Crippen molar-refractivity contribution in [1.29, 1.82) is 0 Å². The molecule has 0 aromatic carbocycles. The summed E-state index contributed by atoms with van der Waals surface area (Å²) in [5.74, 6) is -0.204. The third-order valence-electron chi connectivity index (χ3n) is 3.03. The van der Waals surface area contributed by atoms with Gasteiger partial charge in [0.05, 0.1) is 6.61 Å². The van der Waals surface area contributed by atoms with Crippen LogP contribution in [0.25, 0.3) is 0 Å². The molecule has 0 N–H and O–H groups in total. The molecule has 0 aliphatic rings. The molecule has 0 fully saturated rings. The van der Waals surface area contributed by atoms with Crippen molar-refractivity contribution in [3.8, 4) is 0 Å². The van der Waals surface area contributed by atoms with Gasteiger partial charge in [-0.25, -0.2) is 4.79 Å². The molecule has 0 atom stereocenters. The Morgan fingerprint density at radius 3 is 2.42 bits per heavy atom. The summed E-state index contributed by atoms with van der Waals surface area (Å²) in [6, 6.07) is 0. The number of rotatable bonds is 13. The largest absolute Gasteiger partial charge is 0.463 e. The summed E-state index contributed by atoms with van der Waals surface area (Å²) >= 11 is 0. The Balaban J connectivity index is 3.29. The monoisotopic (exact) mass is 266 g/mol.